The molecule has 0 spiro atoms. The zero-order chi connectivity index (χ0) is 10.7. The minimum absolute atomic E-state index is 0. The number of nitrogens with zero attached hydrogens (tertiary/aromatic N) is 1. The Morgan fingerprint density at radius 2 is 1.88 bits per heavy atom. The molecule has 1 aliphatic heterocycles. The first-order chi connectivity index (χ1) is 7.25. The van der Waals surface area contributed by atoms with Crippen LogP contribution in [-0.4, -0.2) is 22.4 Å². The number of nitrogens with one attached hydrogen (secondary N) is 1. The maximum absolute atomic E-state index is 11.3. The van der Waals surface area contributed by atoms with E-state index < -0.39 is 0 Å². The Balaban J connectivity index is 0.00000128. The number of amidine groups is 1. The average molecular weight is 307 g/mol. The molecule has 1 saturated heterocycles. The van der Waals surface area contributed by atoms with Crippen molar-refractivity contribution in [3.63, 3.8) is 0 Å². The first-order valence-corrected chi connectivity index (χ1v) is 6.69. The number of thioether (sulfide) groups is 1. The van der Waals surface area contributed by atoms with Crippen LogP contribution in [0.4, 0.5) is 0 Å². The van der Waals surface area contributed by atoms with Crippen LogP contribution in [0.2, 0.25) is 0 Å². The number of rotatable bonds is 1. The van der Waals surface area contributed by atoms with Gasteiger partial charge in [0.25, 0.3) is 0 Å². The van der Waals surface area contributed by atoms with Gasteiger partial charge < -0.3 is 5.32 Å². The van der Waals surface area contributed by atoms with Crippen LogP contribution >= 0.6 is 28.7 Å². The van der Waals surface area contributed by atoms with Crippen molar-refractivity contribution in [2.45, 2.75) is 56.7 Å². The highest BCUT2D eigenvalue weighted by atomic mass is 79.9. The quantitative estimate of drug-likeness (QED) is 0.757. The molecule has 92 valence electrons. The first kappa shape index (κ1) is 14.0. The second-order valence-corrected chi connectivity index (χ2v) is 5.66. The van der Waals surface area contributed by atoms with Gasteiger partial charge in [0.1, 0.15) is 0 Å². The van der Waals surface area contributed by atoms with Gasteiger partial charge in [0, 0.05) is 0 Å². The molecular formula is C11H19BrN2OS. The van der Waals surface area contributed by atoms with Gasteiger partial charge in [0.15, 0.2) is 5.17 Å². The molecule has 0 aromatic rings. The van der Waals surface area contributed by atoms with E-state index >= 15 is 0 Å². The number of hydrogen-bond donors (Lipinski definition) is 1. The molecule has 1 amide bonds. The maximum Gasteiger partial charge on any atom is 0.239 e. The third-order valence-electron chi connectivity index (χ3n) is 3.01. The van der Waals surface area contributed by atoms with E-state index in [1.165, 1.54) is 38.5 Å². The highest BCUT2D eigenvalue weighted by molar-refractivity contribution is 8.93. The lowest BCUT2D eigenvalue weighted by molar-refractivity contribution is -0.118. The molecule has 2 aliphatic rings. The fourth-order valence-electron chi connectivity index (χ4n) is 2.07. The molecule has 1 atom stereocenters. The van der Waals surface area contributed by atoms with Crippen molar-refractivity contribution in [3.05, 3.63) is 0 Å². The summed E-state index contributed by atoms with van der Waals surface area (Å²) in [4.78, 5) is 15.9. The Bertz CT molecular complexity index is 275. The predicted octanol–water partition coefficient (Wildman–Crippen LogP) is 2.89. The van der Waals surface area contributed by atoms with E-state index in [2.05, 4.69) is 10.3 Å². The zero-order valence-electron chi connectivity index (χ0n) is 9.57. The molecule has 1 heterocycles. The maximum atomic E-state index is 11.3. The van der Waals surface area contributed by atoms with E-state index in [9.17, 15) is 4.79 Å². The Labute approximate surface area is 112 Å². The van der Waals surface area contributed by atoms with Crippen LogP contribution in [0.3, 0.4) is 0 Å². The monoisotopic (exact) mass is 306 g/mol. The number of carbonyl (C=O) groups excluding carboxylic acids is 1. The summed E-state index contributed by atoms with van der Waals surface area (Å²) in [5, 5.41) is 3.73. The Morgan fingerprint density at radius 3 is 2.38 bits per heavy atom. The van der Waals surface area contributed by atoms with Crippen molar-refractivity contribution in [3.8, 4) is 0 Å². The highest BCUT2D eigenvalue weighted by Gasteiger charge is 2.26. The van der Waals surface area contributed by atoms with Gasteiger partial charge in [-0.15, -0.1) is 17.0 Å². The summed E-state index contributed by atoms with van der Waals surface area (Å²) >= 11 is 1.56. The lowest BCUT2D eigenvalue weighted by Crippen LogP contribution is -2.24. The Kier molecular flexibility index (Phi) is 5.83. The van der Waals surface area contributed by atoms with E-state index in [0.29, 0.717) is 6.04 Å². The van der Waals surface area contributed by atoms with Crippen LogP contribution in [0.15, 0.2) is 4.99 Å². The van der Waals surface area contributed by atoms with Crippen LogP contribution < -0.4 is 5.32 Å². The molecule has 5 heteroatoms. The van der Waals surface area contributed by atoms with Gasteiger partial charge in [-0.1, -0.05) is 37.4 Å². The van der Waals surface area contributed by atoms with Crippen molar-refractivity contribution in [2.24, 2.45) is 4.99 Å². The molecule has 0 aromatic carbocycles. The van der Waals surface area contributed by atoms with Crippen molar-refractivity contribution in [1.29, 1.82) is 0 Å². The van der Waals surface area contributed by atoms with E-state index in [1.54, 1.807) is 11.8 Å². The zero-order valence-corrected chi connectivity index (χ0v) is 12.1. The SMILES string of the molecule is Br.CC1SC(=NC2CCCCCC2)NC1=O. The molecule has 0 bridgehead atoms. The van der Waals surface area contributed by atoms with Crippen molar-refractivity contribution in [2.75, 3.05) is 0 Å². The third kappa shape index (κ3) is 3.77. The second-order valence-electron chi connectivity index (χ2n) is 4.33. The van der Waals surface area contributed by atoms with Crippen LogP contribution in [0.25, 0.3) is 0 Å². The molecule has 1 unspecified atom stereocenters. The van der Waals surface area contributed by atoms with Crippen molar-refractivity contribution < 1.29 is 4.79 Å². The van der Waals surface area contributed by atoms with Gasteiger partial charge in [-0.25, -0.2) is 0 Å². The summed E-state index contributed by atoms with van der Waals surface area (Å²) in [5.74, 6) is 0.104. The van der Waals surface area contributed by atoms with E-state index in [-0.39, 0.29) is 28.1 Å². The first-order valence-electron chi connectivity index (χ1n) is 5.81. The van der Waals surface area contributed by atoms with Gasteiger partial charge in [0.05, 0.1) is 11.3 Å². The van der Waals surface area contributed by atoms with E-state index in [4.69, 9.17) is 0 Å². The van der Waals surface area contributed by atoms with Gasteiger partial charge >= 0.3 is 0 Å². The second kappa shape index (κ2) is 6.64. The van der Waals surface area contributed by atoms with E-state index in [0.717, 1.165) is 5.17 Å². The lowest BCUT2D eigenvalue weighted by Gasteiger charge is -2.08. The predicted molar refractivity (Wildman–Crippen MR) is 74.4 cm³/mol. The Hall–Kier alpha value is -0.0300. The molecule has 1 saturated carbocycles. The average Bonchev–Trinajstić information content (AvgIpc) is 2.45. The lowest BCUT2D eigenvalue weighted by atomic mass is 10.1. The van der Waals surface area contributed by atoms with Gasteiger partial charge in [-0.05, 0) is 19.8 Å². The van der Waals surface area contributed by atoms with Crippen molar-refractivity contribution in [1.82, 2.24) is 5.32 Å². The summed E-state index contributed by atoms with van der Waals surface area (Å²) in [7, 11) is 0. The van der Waals surface area contributed by atoms with E-state index in [1.807, 2.05) is 6.92 Å². The van der Waals surface area contributed by atoms with Gasteiger partial charge in [-0.2, -0.15) is 0 Å². The third-order valence-corrected chi connectivity index (χ3v) is 4.01. The smallest absolute Gasteiger partial charge is 0.239 e. The molecule has 3 nitrogen and oxygen atoms in total. The summed E-state index contributed by atoms with van der Waals surface area (Å²) in [6.07, 6.45) is 7.64. The number of carbonyl (C=O) groups is 1. The Morgan fingerprint density at radius 1 is 1.25 bits per heavy atom. The number of hydrogen-bond acceptors (Lipinski definition) is 3. The molecule has 0 radical (unpaired) electrons. The molecule has 0 aromatic heterocycles. The molecule has 16 heavy (non-hydrogen) atoms. The number of halogens is 1. The highest BCUT2D eigenvalue weighted by Crippen LogP contribution is 2.24. The molecule has 1 N–H and O–H groups in total. The summed E-state index contributed by atoms with van der Waals surface area (Å²) in [6.45, 7) is 1.93. The largest absolute Gasteiger partial charge is 0.304 e. The van der Waals surface area contributed by atoms with Crippen LogP contribution in [0.5, 0.6) is 0 Å². The topological polar surface area (TPSA) is 41.5 Å². The standard InChI is InChI=1S/C11H18N2OS.BrH/c1-8-10(14)13-11(15-8)12-9-6-4-2-3-5-7-9;/h8-9H,2-7H2,1H3,(H,12,13,14);1H. The molecule has 2 fully saturated rings. The fourth-order valence-corrected chi connectivity index (χ4v) is 2.94. The van der Waals surface area contributed by atoms with Crippen LogP contribution in [0, 0.1) is 0 Å². The summed E-state index contributed by atoms with van der Waals surface area (Å²) in [5.41, 5.74) is 0. The summed E-state index contributed by atoms with van der Waals surface area (Å²) in [6, 6.07) is 0.445. The van der Waals surface area contributed by atoms with Crippen LogP contribution in [-0.2, 0) is 4.79 Å². The normalized spacial score (nSPS) is 29.7. The fraction of sp³-hybridized carbons (Fsp3) is 0.818. The summed E-state index contributed by atoms with van der Waals surface area (Å²) < 4.78 is 0. The minimum atomic E-state index is 0. The molecule has 1 aliphatic carbocycles. The number of amides is 1. The van der Waals surface area contributed by atoms with Crippen molar-refractivity contribution >= 4 is 39.8 Å². The van der Waals surface area contributed by atoms with Gasteiger partial charge in [0.2, 0.25) is 5.91 Å². The minimum Gasteiger partial charge on any atom is -0.304 e. The van der Waals surface area contributed by atoms with Crippen LogP contribution in [0.1, 0.15) is 45.4 Å². The molecule has 2 rings (SSSR count). The van der Waals surface area contributed by atoms with Gasteiger partial charge in [-0.3, -0.25) is 9.79 Å². The number of aliphatic imine (C=N–C) groups is 1. The molecular weight excluding hydrogens is 288 g/mol.